The van der Waals surface area contributed by atoms with Crippen molar-refractivity contribution in [2.75, 3.05) is 0 Å². The fourth-order valence-electron chi connectivity index (χ4n) is 8.56. The van der Waals surface area contributed by atoms with E-state index in [1.54, 1.807) is 0 Å². The third kappa shape index (κ3) is 5.39. The quantitative estimate of drug-likeness (QED) is 0.171. The lowest BCUT2D eigenvalue weighted by Gasteiger charge is -2.19. The maximum atomic E-state index is 9.91. The Morgan fingerprint density at radius 1 is 0.362 bits per heavy atom. The summed E-state index contributed by atoms with van der Waals surface area (Å²) in [5.74, 6) is 0.642. The van der Waals surface area contributed by atoms with Gasteiger partial charge in [-0.25, -0.2) is 9.97 Å². The van der Waals surface area contributed by atoms with Crippen LogP contribution in [-0.4, -0.2) is 19.1 Å². The van der Waals surface area contributed by atoms with E-state index in [9.17, 15) is 5.26 Å². The minimum absolute atomic E-state index is 0.632. The van der Waals surface area contributed by atoms with E-state index in [0.717, 1.165) is 83.4 Å². The summed E-state index contributed by atoms with van der Waals surface area (Å²) >= 11 is 0. The summed E-state index contributed by atoms with van der Waals surface area (Å²) in [6.07, 6.45) is 0. The van der Waals surface area contributed by atoms with Gasteiger partial charge in [0.25, 0.3) is 0 Å². The van der Waals surface area contributed by atoms with Gasteiger partial charge in [-0.15, -0.1) is 0 Å². The summed E-state index contributed by atoms with van der Waals surface area (Å²) in [7, 11) is 0. The summed E-state index contributed by atoms with van der Waals surface area (Å²) in [4.78, 5) is 10.5. The molecular weight excluding hydrogens is 707 g/mol. The van der Waals surface area contributed by atoms with E-state index in [-0.39, 0.29) is 0 Å². The molecule has 8 aromatic carbocycles. The number of hydrogen-bond acceptors (Lipinski definition) is 3. The molecule has 0 saturated heterocycles. The highest BCUT2D eigenvalue weighted by Crippen LogP contribution is 2.42. The molecule has 58 heavy (non-hydrogen) atoms. The Bertz CT molecular complexity index is 3290. The Hall–Kier alpha value is -8.07. The normalized spacial score (nSPS) is 11.4. The van der Waals surface area contributed by atoms with E-state index in [2.05, 4.69) is 167 Å². The van der Waals surface area contributed by atoms with Gasteiger partial charge in [-0.1, -0.05) is 133 Å². The Balaban J connectivity index is 1.23. The summed E-state index contributed by atoms with van der Waals surface area (Å²) in [5, 5.41) is 14.4. The predicted octanol–water partition coefficient (Wildman–Crippen LogP) is 13.2. The second-order valence-corrected chi connectivity index (χ2v) is 14.5. The minimum atomic E-state index is 0.632. The molecule has 0 fully saturated rings. The van der Waals surface area contributed by atoms with Gasteiger partial charge in [0, 0.05) is 49.4 Å². The number of aromatic nitrogens is 4. The number of benzene rings is 8. The number of nitriles is 1. The van der Waals surface area contributed by atoms with Crippen LogP contribution in [0.15, 0.2) is 200 Å². The lowest BCUT2D eigenvalue weighted by Crippen LogP contribution is -2.02. The molecule has 0 saturated carbocycles. The molecule has 0 bridgehead atoms. The first-order valence-electron chi connectivity index (χ1n) is 19.4. The Morgan fingerprint density at radius 2 is 0.845 bits per heavy atom. The van der Waals surface area contributed by atoms with E-state index < -0.39 is 0 Å². The standard InChI is InChI=1S/C53H33N5/c54-34-35-27-29-51-43(31-35)41-21-9-13-25-49(41)58(51)52-30-28-38(53-55-45(36-15-3-1-4-16-36)33-46(56-53)37-17-5-2-6-18-37)32-44(52)42-22-10-14-26-50(42)57-47-23-11-7-19-39(47)40-20-8-12-24-48(40)57/h1-33H. The van der Waals surface area contributed by atoms with Gasteiger partial charge in [-0.2, -0.15) is 5.26 Å². The molecule has 0 spiro atoms. The van der Waals surface area contributed by atoms with Crippen molar-refractivity contribution in [3.63, 3.8) is 0 Å². The highest BCUT2D eigenvalue weighted by Gasteiger charge is 2.22. The molecular formula is C53H33N5. The Kier molecular flexibility index (Phi) is 7.80. The molecule has 0 radical (unpaired) electrons. The predicted molar refractivity (Wildman–Crippen MR) is 237 cm³/mol. The molecule has 5 nitrogen and oxygen atoms in total. The van der Waals surface area contributed by atoms with E-state index in [1.165, 1.54) is 10.8 Å². The van der Waals surface area contributed by atoms with Gasteiger partial charge in [0.05, 0.1) is 56.5 Å². The van der Waals surface area contributed by atoms with Crippen LogP contribution in [0.4, 0.5) is 0 Å². The minimum Gasteiger partial charge on any atom is -0.309 e. The van der Waals surface area contributed by atoms with E-state index in [4.69, 9.17) is 9.97 Å². The van der Waals surface area contributed by atoms with Crippen LogP contribution in [0.3, 0.4) is 0 Å². The molecule has 3 aromatic heterocycles. The largest absolute Gasteiger partial charge is 0.309 e. The zero-order valence-corrected chi connectivity index (χ0v) is 31.3. The second-order valence-electron chi connectivity index (χ2n) is 14.5. The first-order chi connectivity index (χ1) is 28.7. The summed E-state index contributed by atoms with van der Waals surface area (Å²) < 4.78 is 4.73. The van der Waals surface area contributed by atoms with E-state index >= 15 is 0 Å². The summed E-state index contributed by atoms with van der Waals surface area (Å²) in [6, 6.07) is 72.0. The number of nitrogens with zero attached hydrogens (tertiary/aromatic N) is 5. The maximum Gasteiger partial charge on any atom is 0.160 e. The monoisotopic (exact) mass is 739 g/mol. The molecule has 0 unspecified atom stereocenters. The smallest absolute Gasteiger partial charge is 0.160 e. The van der Waals surface area contributed by atoms with Crippen LogP contribution < -0.4 is 0 Å². The van der Waals surface area contributed by atoms with Crippen molar-refractivity contribution in [3.8, 4) is 62.5 Å². The van der Waals surface area contributed by atoms with Crippen molar-refractivity contribution in [1.82, 2.24) is 19.1 Å². The van der Waals surface area contributed by atoms with Gasteiger partial charge < -0.3 is 9.13 Å². The summed E-state index contributed by atoms with van der Waals surface area (Å²) in [5.41, 5.74) is 13.8. The van der Waals surface area contributed by atoms with Crippen molar-refractivity contribution < 1.29 is 0 Å². The van der Waals surface area contributed by atoms with Crippen LogP contribution in [-0.2, 0) is 0 Å². The molecule has 11 rings (SSSR count). The highest BCUT2D eigenvalue weighted by molar-refractivity contribution is 6.11. The number of fused-ring (bicyclic) bond motifs is 6. The van der Waals surface area contributed by atoms with Crippen molar-refractivity contribution in [1.29, 1.82) is 5.26 Å². The first-order valence-corrected chi connectivity index (χ1v) is 19.4. The molecule has 0 aliphatic carbocycles. The van der Waals surface area contributed by atoms with Gasteiger partial charge in [-0.3, -0.25) is 0 Å². The van der Waals surface area contributed by atoms with Gasteiger partial charge in [0.2, 0.25) is 0 Å². The van der Waals surface area contributed by atoms with Crippen LogP contribution in [0.25, 0.3) is 100 Å². The van der Waals surface area contributed by atoms with Crippen molar-refractivity contribution in [2.45, 2.75) is 0 Å². The Morgan fingerprint density at radius 3 is 1.43 bits per heavy atom. The van der Waals surface area contributed by atoms with Crippen molar-refractivity contribution in [3.05, 3.63) is 206 Å². The number of rotatable bonds is 6. The van der Waals surface area contributed by atoms with Crippen molar-refractivity contribution in [2.24, 2.45) is 0 Å². The first kappa shape index (κ1) is 33.3. The van der Waals surface area contributed by atoms with Crippen LogP contribution in [0.1, 0.15) is 5.56 Å². The van der Waals surface area contributed by atoms with E-state index in [1.807, 2.05) is 48.5 Å². The Labute approximate surface area is 335 Å². The molecule has 0 atom stereocenters. The SMILES string of the molecule is N#Cc1ccc2c(c1)c1ccccc1n2-c1ccc(-c2nc(-c3ccccc3)cc(-c3ccccc3)n2)cc1-c1ccccc1-n1c2ccccc2c2ccccc21. The molecule has 0 amide bonds. The second kappa shape index (κ2) is 13.6. The van der Waals surface area contributed by atoms with Gasteiger partial charge in [0.1, 0.15) is 0 Å². The lowest BCUT2D eigenvalue weighted by molar-refractivity contribution is 1.15. The molecule has 5 heteroatoms. The third-order valence-corrected chi connectivity index (χ3v) is 11.2. The molecule has 0 aliphatic heterocycles. The fourth-order valence-corrected chi connectivity index (χ4v) is 8.56. The van der Waals surface area contributed by atoms with Crippen LogP contribution in [0.5, 0.6) is 0 Å². The maximum absolute atomic E-state index is 9.91. The third-order valence-electron chi connectivity index (χ3n) is 11.2. The zero-order valence-electron chi connectivity index (χ0n) is 31.3. The van der Waals surface area contributed by atoms with Gasteiger partial charge >= 0.3 is 0 Å². The van der Waals surface area contributed by atoms with Crippen molar-refractivity contribution >= 4 is 43.6 Å². The van der Waals surface area contributed by atoms with E-state index in [0.29, 0.717) is 11.4 Å². The van der Waals surface area contributed by atoms with Crippen LogP contribution >= 0.6 is 0 Å². The fraction of sp³-hybridized carbons (Fsp3) is 0. The van der Waals surface area contributed by atoms with Gasteiger partial charge in [-0.05, 0) is 66.7 Å². The molecule has 0 N–H and O–H groups in total. The summed E-state index contributed by atoms with van der Waals surface area (Å²) in [6.45, 7) is 0. The zero-order chi connectivity index (χ0) is 38.6. The highest BCUT2D eigenvalue weighted by atomic mass is 15.0. The number of para-hydroxylation sites is 4. The lowest BCUT2D eigenvalue weighted by atomic mass is 9.97. The molecule has 3 heterocycles. The average molecular weight is 740 g/mol. The molecule has 11 aromatic rings. The average Bonchev–Trinajstić information content (AvgIpc) is 3.81. The molecule has 270 valence electrons. The number of hydrogen-bond donors (Lipinski definition) is 0. The van der Waals surface area contributed by atoms with Gasteiger partial charge in [0.15, 0.2) is 5.82 Å². The van der Waals surface area contributed by atoms with Crippen LogP contribution in [0.2, 0.25) is 0 Å². The molecule has 0 aliphatic rings. The van der Waals surface area contributed by atoms with Crippen LogP contribution in [0, 0.1) is 11.3 Å². The topological polar surface area (TPSA) is 59.4 Å².